The number of carbonyl (C=O) groups excluding carboxylic acids is 1. The fourth-order valence-corrected chi connectivity index (χ4v) is 2.85. The Morgan fingerprint density at radius 2 is 2.32 bits per heavy atom. The lowest BCUT2D eigenvalue weighted by Gasteiger charge is -2.20. The lowest BCUT2D eigenvalue weighted by Crippen LogP contribution is -2.45. The third-order valence-corrected chi connectivity index (χ3v) is 4.13. The van der Waals surface area contributed by atoms with Gasteiger partial charge in [0.25, 0.3) is 0 Å². The molecule has 138 valence electrons. The summed E-state index contributed by atoms with van der Waals surface area (Å²) in [4.78, 5) is 22.9. The van der Waals surface area contributed by atoms with Gasteiger partial charge >= 0.3 is 0 Å². The molecule has 1 atom stereocenters. The maximum Gasteiger partial charge on any atom is 0.225 e. The molecule has 25 heavy (non-hydrogen) atoms. The summed E-state index contributed by atoms with van der Waals surface area (Å²) in [7, 11) is 1.61. The summed E-state index contributed by atoms with van der Waals surface area (Å²) in [5, 5.41) is 6.69. The number of methoxy groups -OCH3 is 1. The molecule has 0 saturated carbocycles. The zero-order chi connectivity index (χ0) is 18.2. The van der Waals surface area contributed by atoms with Crippen LogP contribution < -0.4 is 15.4 Å². The number of aromatic nitrogens is 1. The minimum atomic E-state index is 0.0405. The summed E-state index contributed by atoms with van der Waals surface area (Å²) in [6.45, 7) is 8.68. The highest BCUT2D eigenvalue weighted by Gasteiger charge is 2.27. The maximum atomic E-state index is 12.1. The molecule has 0 aliphatic carbocycles. The quantitative estimate of drug-likeness (QED) is 0.601. The third-order valence-electron chi connectivity index (χ3n) is 4.13. The SMILES string of the molecule is CCNC(=NCc1cccnc1OC)NC1CCN(C(=O)C(C)C)C1. The van der Waals surface area contributed by atoms with Crippen LogP contribution in [0.4, 0.5) is 0 Å². The molecule has 1 aliphatic heterocycles. The number of nitrogens with one attached hydrogen (secondary N) is 2. The molecule has 0 bridgehead atoms. The number of hydrogen-bond acceptors (Lipinski definition) is 4. The van der Waals surface area contributed by atoms with Crippen molar-refractivity contribution in [2.24, 2.45) is 10.9 Å². The molecule has 1 aromatic heterocycles. The van der Waals surface area contributed by atoms with Gasteiger partial charge < -0.3 is 20.3 Å². The van der Waals surface area contributed by atoms with Gasteiger partial charge in [-0.3, -0.25) is 4.79 Å². The van der Waals surface area contributed by atoms with E-state index in [-0.39, 0.29) is 17.9 Å². The second-order valence-electron chi connectivity index (χ2n) is 6.44. The van der Waals surface area contributed by atoms with Crippen molar-refractivity contribution in [2.45, 2.75) is 39.8 Å². The molecule has 1 amide bonds. The van der Waals surface area contributed by atoms with E-state index in [1.807, 2.05) is 37.8 Å². The summed E-state index contributed by atoms with van der Waals surface area (Å²) in [6, 6.07) is 4.05. The molecule has 1 saturated heterocycles. The number of rotatable bonds is 6. The molecule has 1 aliphatic rings. The first kappa shape index (κ1) is 19.0. The number of nitrogens with zero attached hydrogens (tertiary/aromatic N) is 3. The first-order chi connectivity index (χ1) is 12.0. The number of carbonyl (C=O) groups is 1. The maximum absolute atomic E-state index is 12.1. The highest BCUT2D eigenvalue weighted by atomic mass is 16.5. The van der Waals surface area contributed by atoms with Gasteiger partial charge in [-0.15, -0.1) is 0 Å². The summed E-state index contributed by atoms with van der Waals surface area (Å²) in [6.07, 6.45) is 2.63. The first-order valence-electron chi connectivity index (χ1n) is 8.86. The zero-order valence-electron chi connectivity index (χ0n) is 15.6. The number of hydrogen-bond donors (Lipinski definition) is 2. The highest BCUT2D eigenvalue weighted by Crippen LogP contribution is 2.15. The Bertz CT molecular complexity index is 603. The van der Waals surface area contributed by atoms with Crippen molar-refractivity contribution in [3.05, 3.63) is 23.9 Å². The molecule has 1 aromatic rings. The predicted octanol–water partition coefficient (Wildman–Crippen LogP) is 1.40. The molecule has 0 aromatic carbocycles. The van der Waals surface area contributed by atoms with Gasteiger partial charge in [0.1, 0.15) is 0 Å². The molecular formula is C18H29N5O2. The Morgan fingerprint density at radius 3 is 3.00 bits per heavy atom. The van der Waals surface area contributed by atoms with Gasteiger partial charge in [0.15, 0.2) is 5.96 Å². The fraction of sp³-hybridized carbons (Fsp3) is 0.611. The molecule has 1 unspecified atom stereocenters. The Labute approximate surface area is 149 Å². The fourth-order valence-electron chi connectivity index (χ4n) is 2.85. The van der Waals surface area contributed by atoms with E-state index in [1.165, 1.54) is 0 Å². The Hall–Kier alpha value is -2.31. The molecule has 1 fully saturated rings. The summed E-state index contributed by atoms with van der Waals surface area (Å²) in [5.41, 5.74) is 0.935. The van der Waals surface area contributed by atoms with Crippen LogP contribution in [0.2, 0.25) is 0 Å². The second-order valence-corrected chi connectivity index (χ2v) is 6.44. The summed E-state index contributed by atoms with van der Waals surface area (Å²) >= 11 is 0. The zero-order valence-corrected chi connectivity index (χ0v) is 15.6. The van der Waals surface area contributed by atoms with E-state index in [9.17, 15) is 4.79 Å². The highest BCUT2D eigenvalue weighted by molar-refractivity contribution is 5.81. The van der Waals surface area contributed by atoms with Gasteiger partial charge in [-0.1, -0.05) is 19.9 Å². The third kappa shape index (κ3) is 5.34. The molecule has 2 rings (SSSR count). The van der Waals surface area contributed by atoms with Crippen LogP contribution in [0.1, 0.15) is 32.8 Å². The van der Waals surface area contributed by atoms with Crippen LogP contribution in [0, 0.1) is 5.92 Å². The Kier molecular flexibility index (Phi) is 7.03. The minimum Gasteiger partial charge on any atom is -0.481 e. The number of aliphatic imine (C=N–C) groups is 1. The van der Waals surface area contributed by atoms with Gasteiger partial charge in [0.05, 0.1) is 13.7 Å². The van der Waals surface area contributed by atoms with E-state index < -0.39 is 0 Å². The van der Waals surface area contributed by atoms with E-state index in [0.717, 1.165) is 37.6 Å². The van der Waals surface area contributed by atoms with Crippen LogP contribution >= 0.6 is 0 Å². The predicted molar refractivity (Wildman–Crippen MR) is 98.6 cm³/mol. The van der Waals surface area contributed by atoms with Gasteiger partial charge in [-0.05, 0) is 19.4 Å². The van der Waals surface area contributed by atoms with Crippen LogP contribution in [0.25, 0.3) is 0 Å². The molecular weight excluding hydrogens is 318 g/mol. The average molecular weight is 347 g/mol. The van der Waals surface area contributed by atoms with Crippen molar-refractivity contribution in [3.63, 3.8) is 0 Å². The first-order valence-corrected chi connectivity index (χ1v) is 8.86. The van der Waals surface area contributed by atoms with Crippen molar-refractivity contribution in [1.29, 1.82) is 0 Å². The average Bonchev–Trinajstić information content (AvgIpc) is 3.07. The van der Waals surface area contributed by atoms with Crippen LogP contribution in [0.3, 0.4) is 0 Å². The molecule has 0 radical (unpaired) electrons. The van der Waals surface area contributed by atoms with Crippen molar-refractivity contribution >= 4 is 11.9 Å². The molecule has 2 N–H and O–H groups in total. The van der Waals surface area contributed by atoms with E-state index in [2.05, 4.69) is 20.6 Å². The van der Waals surface area contributed by atoms with Gasteiger partial charge in [0.2, 0.25) is 11.8 Å². The number of amides is 1. The van der Waals surface area contributed by atoms with Crippen molar-refractivity contribution in [2.75, 3.05) is 26.7 Å². The topological polar surface area (TPSA) is 78.9 Å². The van der Waals surface area contributed by atoms with Crippen molar-refractivity contribution < 1.29 is 9.53 Å². The van der Waals surface area contributed by atoms with Gasteiger partial charge in [-0.2, -0.15) is 0 Å². The number of likely N-dealkylation sites (tertiary alicyclic amines) is 1. The summed E-state index contributed by atoms with van der Waals surface area (Å²) in [5.74, 6) is 1.60. The van der Waals surface area contributed by atoms with Crippen molar-refractivity contribution in [3.8, 4) is 5.88 Å². The normalized spacial score (nSPS) is 17.7. The van der Waals surface area contributed by atoms with E-state index in [4.69, 9.17) is 4.74 Å². The van der Waals surface area contributed by atoms with Crippen LogP contribution in [0.5, 0.6) is 5.88 Å². The largest absolute Gasteiger partial charge is 0.481 e. The van der Waals surface area contributed by atoms with E-state index in [1.54, 1.807) is 13.3 Å². The molecule has 0 spiro atoms. The van der Waals surface area contributed by atoms with Crippen LogP contribution in [-0.2, 0) is 11.3 Å². The van der Waals surface area contributed by atoms with Crippen LogP contribution in [-0.4, -0.2) is 54.5 Å². The lowest BCUT2D eigenvalue weighted by molar-refractivity contribution is -0.133. The van der Waals surface area contributed by atoms with E-state index >= 15 is 0 Å². The van der Waals surface area contributed by atoms with Gasteiger partial charge in [-0.25, -0.2) is 9.98 Å². The monoisotopic (exact) mass is 347 g/mol. The molecule has 2 heterocycles. The van der Waals surface area contributed by atoms with E-state index in [0.29, 0.717) is 12.4 Å². The van der Waals surface area contributed by atoms with Crippen molar-refractivity contribution in [1.82, 2.24) is 20.5 Å². The lowest BCUT2D eigenvalue weighted by atomic mass is 10.2. The minimum absolute atomic E-state index is 0.0405. The Balaban J connectivity index is 1.98. The number of guanidine groups is 1. The summed E-state index contributed by atoms with van der Waals surface area (Å²) < 4.78 is 5.27. The standard InChI is InChI=1S/C18H29N5O2/c1-5-19-18(21-11-14-7-6-9-20-16(14)25-4)22-15-8-10-23(12-15)17(24)13(2)3/h6-7,9,13,15H,5,8,10-12H2,1-4H3,(H2,19,21,22). The molecule has 7 heteroatoms. The number of pyridine rings is 1. The number of ether oxygens (including phenoxy) is 1. The second kappa shape index (κ2) is 9.25. The smallest absolute Gasteiger partial charge is 0.225 e. The Morgan fingerprint density at radius 1 is 1.52 bits per heavy atom. The van der Waals surface area contributed by atoms with Gasteiger partial charge in [0, 0.05) is 43.4 Å². The molecule has 7 nitrogen and oxygen atoms in total. The van der Waals surface area contributed by atoms with Crippen LogP contribution in [0.15, 0.2) is 23.3 Å².